The molecule has 1 aromatic heterocycles. The number of nitrogens with zero attached hydrogens (tertiary/aromatic N) is 3. The predicted octanol–water partition coefficient (Wildman–Crippen LogP) is 2.98. The van der Waals surface area contributed by atoms with Crippen molar-refractivity contribution in [2.24, 2.45) is 0 Å². The van der Waals surface area contributed by atoms with Gasteiger partial charge < -0.3 is 0 Å². The van der Waals surface area contributed by atoms with Crippen molar-refractivity contribution in [1.82, 2.24) is 9.78 Å². The highest BCUT2D eigenvalue weighted by Crippen LogP contribution is 2.21. The lowest BCUT2D eigenvalue weighted by Crippen LogP contribution is -2.33. The van der Waals surface area contributed by atoms with Gasteiger partial charge in [0, 0.05) is 24.5 Å². The fraction of sp³-hybridized carbons (Fsp3) is 0.333. The van der Waals surface area contributed by atoms with Crippen LogP contribution in [0.15, 0.2) is 42.7 Å². The molecular weight excluding hydrogens is 238 g/mol. The third kappa shape index (κ3) is 3.22. The molecule has 1 heterocycles. The number of benzene rings is 1. The van der Waals surface area contributed by atoms with Crippen molar-refractivity contribution in [1.29, 1.82) is 0 Å². The van der Waals surface area contributed by atoms with Crippen LogP contribution in [-0.2, 0) is 11.5 Å². The van der Waals surface area contributed by atoms with E-state index in [1.807, 2.05) is 50.4 Å². The molecule has 19 heavy (non-hydrogen) atoms. The van der Waals surface area contributed by atoms with Gasteiger partial charge in [0.2, 0.25) is 5.91 Å². The predicted molar refractivity (Wildman–Crippen MR) is 75.8 cm³/mol. The van der Waals surface area contributed by atoms with Crippen LogP contribution in [0.1, 0.15) is 25.3 Å². The summed E-state index contributed by atoms with van der Waals surface area (Å²) in [5.41, 5.74) is 2.05. The maximum absolute atomic E-state index is 12.3. The van der Waals surface area contributed by atoms with Gasteiger partial charge in [-0.3, -0.25) is 14.4 Å². The summed E-state index contributed by atoms with van der Waals surface area (Å²) in [4.78, 5) is 14.1. The van der Waals surface area contributed by atoms with Crippen LogP contribution in [0.25, 0.3) is 0 Å². The first-order chi connectivity index (χ1) is 9.22. The van der Waals surface area contributed by atoms with E-state index < -0.39 is 0 Å². The molecule has 2 aromatic rings. The molecule has 0 saturated heterocycles. The van der Waals surface area contributed by atoms with E-state index in [1.54, 1.807) is 15.8 Å². The number of aryl methyl sites for hydroxylation is 1. The molecule has 0 spiro atoms. The van der Waals surface area contributed by atoms with Gasteiger partial charge in [-0.1, -0.05) is 25.1 Å². The second-order valence-electron chi connectivity index (χ2n) is 4.55. The first-order valence-corrected chi connectivity index (χ1v) is 6.55. The average Bonchev–Trinajstić information content (AvgIpc) is 2.90. The molecular formula is C15H19N3O. The molecule has 100 valence electrons. The number of aromatic nitrogens is 2. The van der Waals surface area contributed by atoms with E-state index in [0.29, 0.717) is 13.1 Å². The number of carbonyl (C=O) groups is 1. The van der Waals surface area contributed by atoms with Gasteiger partial charge in [-0.25, -0.2) is 0 Å². The summed E-state index contributed by atoms with van der Waals surface area (Å²) >= 11 is 0. The monoisotopic (exact) mass is 257 g/mol. The molecule has 1 aromatic carbocycles. The highest BCUT2D eigenvalue weighted by molar-refractivity contribution is 5.93. The standard InChI is InChI=1S/C15H19N3O/c1-3-7-15(19)18(12-17-11-6-10-16-17)14-9-5-4-8-13(14)2/h4-6,8-11H,3,7,12H2,1-2H3. The number of amides is 1. The van der Waals surface area contributed by atoms with Gasteiger partial charge in [0.05, 0.1) is 0 Å². The minimum atomic E-state index is 0.132. The Morgan fingerprint density at radius 3 is 2.74 bits per heavy atom. The van der Waals surface area contributed by atoms with E-state index in [4.69, 9.17) is 0 Å². The minimum Gasteiger partial charge on any atom is -0.292 e. The van der Waals surface area contributed by atoms with Crippen LogP contribution in [0.2, 0.25) is 0 Å². The van der Waals surface area contributed by atoms with Crippen molar-refractivity contribution in [3.63, 3.8) is 0 Å². The van der Waals surface area contributed by atoms with Crippen LogP contribution in [0.4, 0.5) is 5.69 Å². The number of rotatable bonds is 5. The molecule has 0 aliphatic carbocycles. The first-order valence-electron chi connectivity index (χ1n) is 6.55. The van der Waals surface area contributed by atoms with E-state index >= 15 is 0 Å². The molecule has 2 rings (SSSR count). The fourth-order valence-electron chi connectivity index (χ4n) is 2.03. The summed E-state index contributed by atoms with van der Waals surface area (Å²) < 4.78 is 1.76. The number of hydrogen-bond donors (Lipinski definition) is 0. The first kappa shape index (κ1) is 13.3. The summed E-state index contributed by atoms with van der Waals surface area (Å²) in [5, 5.41) is 4.18. The topological polar surface area (TPSA) is 38.1 Å². The van der Waals surface area contributed by atoms with Gasteiger partial charge in [-0.05, 0) is 31.0 Å². The number of anilines is 1. The van der Waals surface area contributed by atoms with Gasteiger partial charge in [0.25, 0.3) is 0 Å². The van der Waals surface area contributed by atoms with Gasteiger partial charge in [0.15, 0.2) is 0 Å². The second-order valence-corrected chi connectivity index (χ2v) is 4.55. The third-order valence-corrected chi connectivity index (χ3v) is 3.02. The quantitative estimate of drug-likeness (QED) is 0.826. The van der Waals surface area contributed by atoms with Crippen molar-refractivity contribution >= 4 is 11.6 Å². The van der Waals surface area contributed by atoms with Gasteiger partial charge in [-0.15, -0.1) is 0 Å². The summed E-state index contributed by atoms with van der Waals surface area (Å²) in [5.74, 6) is 0.132. The molecule has 0 radical (unpaired) electrons. The Labute approximate surface area is 113 Å². The lowest BCUT2D eigenvalue weighted by molar-refractivity contribution is -0.119. The van der Waals surface area contributed by atoms with Crippen LogP contribution in [0, 0.1) is 6.92 Å². The molecule has 0 saturated carbocycles. The minimum absolute atomic E-state index is 0.132. The van der Waals surface area contributed by atoms with Crippen LogP contribution in [0.5, 0.6) is 0 Å². The van der Waals surface area contributed by atoms with E-state index in [1.165, 1.54) is 0 Å². The number of carbonyl (C=O) groups excluding carboxylic acids is 1. The molecule has 0 aliphatic heterocycles. The largest absolute Gasteiger partial charge is 0.292 e. The van der Waals surface area contributed by atoms with Crippen molar-refractivity contribution in [3.05, 3.63) is 48.3 Å². The summed E-state index contributed by atoms with van der Waals surface area (Å²) in [6.07, 6.45) is 4.99. The van der Waals surface area contributed by atoms with E-state index in [2.05, 4.69) is 5.10 Å². The molecule has 1 amide bonds. The summed E-state index contributed by atoms with van der Waals surface area (Å²) in [7, 11) is 0. The zero-order valence-electron chi connectivity index (χ0n) is 11.4. The molecule has 4 nitrogen and oxygen atoms in total. The molecule has 0 fully saturated rings. The Kier molecular flexibility index (Phi) is 4.34. The summed E-state index contributed by atoms with van der Waals surface area (Å²) in [6, 6.07) is 9.80. The van der Waals surface area contributed by atoms with Gasteiger partial charge in [-0.2, -0.15) is 5.10 Å². The van der Waals surface area contributed by atoms with Crippen molar-refractivity contribution in [2.75, 3.05) is 4.90 Å². The maximum atomic E-state index is 12.3. The zero-order valence-corrected chi connectivity index (χ0v) is 11.4. The van der Waals surface area contributed by atoms with Crippen molar-refractivity contribution in [2.45, 2.75) is 33.4 Å². The van der Waals surface area contributed by atoms with Crippen LogP contribution < -0.4 is 4.90 Å². The average molecular weight is 257 g/mol. The second kappa shape index (κ2) is 6.18. The van der Waals surface area contributed by atoms with Crippen LogP contribution >= 0.6 is 0 Å². The molecule has 0 aliphatic rings. The molecule has 0 unspecified atom stereocenters. The van der Waals surface area contributed by atoms with Gasteiger partial charge >= 0.3 is 0 Å². The Bertz CT molecular complexity index is 534. The van der Waals surface area contributed by atoms with Crippen LogP contribution in [0.3, 0.4) is 0 Å². The molecule has 4 heteroatoms. The van der Waals surface area contributed by atoms with Crippen LogP contribution in [-0.4, -0.2) is 15.7 Å². The summed E-state index contributed by atoms with van der Waals surface area (Å²) in [6.45, 7) is 4.49. The van der Waals surface area contributed by atoms with Crippen molar-refractivity contribution < 1.29 is 4.79 Å². The third-order valence-electron chi connectivity index (χ3n) is 3.02. The SMILES string of the molecule is CCCC(=O)N(Cn1cccn1)c1ccccc1C. The van der Waals surface area contributed by atoms with Crippen molar-refractivity contribution in [3.8, 4) is 0 Å². The Hall–Kier alpha value is -2.10. The lowest BCUT2D eigenvalue weighted by Gasteiger charge is -2.24. The Balaban J connectivity index is 2.29. The molecule has 0 atom stereocenters. The Morgan fingerprint density at radius 2 is 2.11 bits per heavy atom. The van der Waals surface area contributed by atoms with E-state index in [9.17, 15) is 4.79 Å². The highest BCUT2D eigenvalue weighted by atomic mass is 16.2. The number of hydrogen-bond acceptors (Lipinski definition) is 2. The maximum Gasteiger partial charge on any atom is 0.228 e. The normalized spacial score (nSPS) is 10.4. The molecule has 0 N–H and O–H groups in total. The van der Waals surface area contributed by atoms with E-state index in [-0.39, 0.29) is 5.91 Å². The smallest absolute Gasteiger partial charge is 0.228 e. The number of para-hydroxylation sites is 1. The highest BCUT2D eigenvalue weighted by Gasteiger charge is 2.16. The molecule has 0 bridgehead atoms. The zero-order chi connectivity index (χ0) is 13.7. The fourth-order valence-corrected chi connectivity index (χ4v) is 2.03. The van der Waals surface area contributed by atoms with E-state index in [0.717, 1.165) is 17.7 Å². The lowest BCUT2D eigenvalue weighted by atomic mass is 10.1. The van der Waals surface area contributed by atoms with Gasteiger partial charge in [0.1, 0.15) is 6.67 Å². The Morgan fingerprint density at radius 1 is 1.32 bits per heavy atom.